The van der Waals surface area contributed by atoms with Gasteiger partial charge in [-0.2, -0.15) is 0 Å². The van der Waals surface area contributed by atoms with E-state index in [9.17, 15) is 0 Å². The third-order valence-corrected chi connectivity index (χ3v) is 7.52. The molecule has 7 nitrogen and oxygen atoms in total. The highest BCUT2D eigenvalue weighted by molar-refractivity contribution is 9.10. The Balaban J connectivity index is 1.21. The summed E-state index contributed by atoms with van der Waals surface area (Å²) in [4.78, 5) is 11.0. The molecule has 0 spiro atoms. The van der Waals surface area contributed by atoms with Gasteiger partial charge >= 0.3 is 0 Å². The summed E-state index contributed by atoms with van der Waals surface area (Å²) in [5, 5.41) is 0. The van der Waals surface area contributed by atoms with E-state index in [2.05, 4.69) is 74.5 Å². The second-order valence-corrected chi connectivity index (χ2v) is 9.97. The lowest BCUT2D eigenvalue weighted by Crippen LogP contribution is -2.49. The smallest absolute Gasteiger partial charge is 0.178 e. The van der Waals surface area contributed by atoms with Gasteiger partial charge in [0.2, 0.25) is 0 Å². The van der Waals surface area contributed by atoms with Crippen LogP contribution in [-0.4, -0.2) is 76.0 Å². The van der Waals surface area contributed by atoms with Gasteiger partial charge in [0.05, 0.1) is 19.9 Å². The molecule has 3 aliphatic rings. The van der Waals surface area contributed by atoms with E-state index in [0.29, 0.717) is 18.1 Å². The summed E-state index contributed by atoms with van der Waals surface area (Å²) in [6.07, 6.45) is 2.23. The minimum atomic E-state index is -0.0451. The Morgan fingerprint density at radius 3 is 2.57 bits per heavy atom. The zero-order valence-corrected chi connectivity index (χ0v) is 22.1. The second-order valence-electron chi connectivity index (χ2n) is 9.18. The Hall–Kier alpha value is -2.52. The molecule has 2 aromatic rings. The fourth-order valence-corrected chi connectivity index (χ4v) is 5.66. The predicted molar refractivity (Wildman–Crippen MR) is 141 cm³/mol. The molecule has 0 aromatic heterocycles. The summed E-state index contributed by atoms with van der Waals surface area (Å²) in [6.45, 7) is 8.69. The number of hydrogen-bond donors (Lipinski definition) is 1. The molecule has 3 heterocycles. The fraction of sp³-hybridized carbons (Fsp3) is 0.407. The Morgan fingerprint density at radius 1 is 1.11 bits per heavy atom. The van der Waals surface area contributed by atoms with Crippen molar-refractivity contribution in [1.29, 1.82) is 0 Å². The summed E-state index contributed by atoms with van der Waals surface area (Å²) in [6, 6.07) is 12.5. The van der Waals surface area contributed by atoms with Crippen LogP contribution in [0.15, 0.2) is 52.0 Å². The molecule has 0 saturated carbocycles. The Kier molecular flexibility index (Phi) is 7.34. The molecule has 0 radical (unpaired) electrons. The average Bonchev–Trinajstić information content (AvgIpc) is 3.28. The van der Waals surface area contributed by atoms with E-state index in [0.717, 1.165) is 66.3 Å². The zero-order valence-electron chi connectivity index (χ0n) is 20.5. The third-order valence-electron chi connectivity index (χ3n) is 6.80. The van der Waals surface area contributed by atoms with Crippen molar-refractivity contribution in [2.45, 2.75) is 13.0 Å². The van der Waals surface area contributed by atoms with Crippen LogP contribution < -0.4 is 19.7 Å². The number of hydroxylamine groups is 1. The van der Waals surface area contributed by atoms with Gasteiger partial charge < -0.3 is 14.2 Å². The molecule has 0 aliphatic carbocycles. The van der Waals surface area contributed by atoms with E-state index in [1.54, 1.807) is 14.2 Å². The van der Waals surface area contributed by atoms with Crippen LogP contribution in [0, 0.1) is 0 Å². The van der Waals surface area contributed by atoms with Crippen molar-refractivity contribution in [3.05, 3.63) is 63.1 Å². The largest absolute Gasteiger partial charge is 0.493 e. The number of methoxy groups -OCH3 is 2. The lowest BCUT2D eigenvalue weighted by molar-refractivity contribution is 0.0117. The molecular formula is C27H32BrN3O4. The van der Waals surface area contributed by atoms with E-state index >= 15 is 0 Å². The van der Waals surface area contributed by atoms with E-state index < -0.39 is 0 Å². The number of halogens is 1. The van der Waals surface area contributed by atoms with Gasteiger partial charge in [-0.3, -0.25) is 20.1 Å². The van der Waals surface area contributed by atoms with Crippen molar-refractivity contribution in [3.8, 4) is 17.2 Å². The van der Waals surface area contributed by atoms with Gasteiger partial charge in [-0.1, -0.05) is 42.0 Å². The maximum atomic E-state index is 6.15. The number of benzene rings is 2. The highest BCUT2D eigenvalue weighted by Gasteiger charge is 2.36. The maximum Gasteiger partial charge on any atom is 0.178 e. The quantitative estimate of drug-likeness (QED) is 0.563. The van der Waals surface area contributed by atoms with E-state index in [-0.39, 0.29) is 6.10 Å². The number of piperazine rings is 1. The number of ether oxygens (including phenoxy) is 3. The molecule has 2 aromatic carbocycles. The van der Waals surface area contributed by atoms with Gasteiger partial charge in [0.1, 0.15) is 22.9 Å². The van der Waals surface area contributed by atoms with Gasteiger partial charge in [-0.25, -0.2) is 0 Å². The standard InChI is InChI=1S/C27H32BrN3O4/c1-18(13-19-7-5-4-6-8-19)15-30-9-11-31(12-10-30)16-23-21-17-34-26-20(25(21)29-35-23)14-22(32-2)27(33-3)24(26)28/h4-8,13-14,23,29H,9-12,15-17H2,1-3H3. The van der Waals surface area contributed by atoms with Gasteiger partial charge in [-0.15, -0.1) is 0 Å². The number of nitrogens with zero attached hydrogens (tertiary/aromatic N) is 2. The molecule has 5 rings (SSSR count). The van der Waals surface area contributed by atoms with Crippen LogP contribution in [0.4, 0.5) is 0 Å². The summed E-state index contributed by atoms with van der Waals surface area (Å²) < 4.78 is 17.9. The molecule has 186 valence electrons. The van der Waals surface area contributed by atoms with Crippen LogP contribution in [0.25, 0.3) is 11.8 Å². The molecule has 3 aliphatic heterocycles. The van der Waals surface area contributed by atoms with Crippen molar-refractivity contribution < 1.29 is 19.0 Å². The average molecular weight is 542 g/mol. The van der Waals surface area contributed by atoms with Gasteiger partial charge in [0, 0.05) is 50.4 Å². The summed E-state index contributed by atoms with van der Waals surface area (Å²) in [5.74, 6) is 2.01. The van der Waals surface area contributed by atoms with Crippen LogP contribution in [0.3, 0.4) is 0 Å². The molecule has 1 N–H and O–H groups in total. The number of nitrogens with one attached hydrogen (secondary N) is 1. The Bertz CT molecular complexity index is 1130. The molecular weight excluding hydrogens is 510 g/mol. The normalized spacial score (nSPS) is 20.7. The second kappa shape index (κ2) is 10.6. The van der Waals surface area contributed by atoms with Gasteiger partial charge in [0.15, 0.2) is 11.5 Å². The number of hydrogen-bond acceptors (Lipinski definition) is 7. The van der Waals surface area contributed by atoms with Crippen molar-refractivity contribution in [3.63, 3.8) is 0 Å². The summed E-state index contributed by atoms with van der Waals surface area (Å²) in [7, 11) is 3.26. The molecule has 35 heavy (non-hydrogen) atoms. The van der Waals surface area contributed by atoms with Crippen LogP contribution in [0.5, 0.6) is 17.2 Å². The predicted octanol–water partition coefficient (Wildman–Crippen LogP) is 4.19. The lowest BCUT2D eigenvalue weighted by Gasteiger charge is -2.36. The highest BCUT2D eigenvalue weighted by Crippen LogP contribution is 2.49. The monoisotopic (exact) mass is 541 g/mol. The molecule has 0 amide bonds. The van der Waals surface area contributed by atoms with Crippen LogP contribution in [0.1, 0.15) is 18.1 Å². The van der Waals surface area contributed by atoms with Crippen molar-refractivity contribution in [2.24, 2.45) is 0 Å². The lowest BCUT2D eigenvalue weighted by atomic mass is 9.99. The van der Waals surface area contributed by atoms with Crippen LogP contribution in [0.2, 0.25) is 0 Å². The van der Waals surface area contributed by atoms with Crippen LogP contribution >= 0.6 is 15.9 Å². The highest BCUT2D eigenvalue weighted by atomic mass is 79.9. The van der Waals surface area contributed by atoms with Gasteiger partial charge in [-0.05, 0) is 34.5 Å². The van der Waals surface area contributed by atoms with Crippen molar-refractivity contribution >= 4 is 27.7 Å². The minimum absolute atomic E-state index is 0.0451. The molecule has 0 bridgehead atoms. The summed E-state index contributed by atoms with van der Waals surface area (Å²) >= 11 is 3.61. The van der Waals surface area contributed by atoms with Crippen LogP contribution in [-0.2, 0) is 4.84 Å². The topological polar surface area (TPSA) is 55.4 Å². The summed E-state index contributed by atoms with van der Waals surface area (Å²) in [5.41, 5.74) is 8.85. The van der Waals surface area contributed by atoms with Gasteiger partial charge in [0.25, 0.3) is 0 Å². The first-order chi connectivity index (χ1) is 17.1. The van der Waals surface area contributed by atoms with E-state index in [1.165, 1.54) is 11.1 Å². The van der Waals surface area contributed by atoms with Crippen molar-refractivity contribution in [1.82, 2.24) is 15.3 Å². The molecule has 8 heteroatoms. The third kappa shape index (κ3) is 5.07. The Labute approximate surface area is 215 Å². The Morgan fingerprint density at radius 2 is 1.86 bits per heavy atom. The SMILES string of the molecule is COc1cc2c(c(Br)c1OC)OCC1=C2NOC1CN1CCN(CC(C)=Cc2ccccc2)CC1. The first-order valence-electron chi connectivity index (χ1n) is 12.0. The molecule has 1 atom stereocenters. The first kappa shape index (κ1) is 24.2. The number of rotatable bonds is 7. The maximum absolute atomic E-state index is 6.15. The zero-order chi connectivity index (χ0) is 24.4. The fourth-order valence-electron chi connectivity index (χ4n) is 4.98. The van der Waals surface area contributed by atoms with Crippen molar-refractivity contribution in [2.75, 3.05) is 60.1 Å². The molecule has 1 fully saturated rings. The van der Waals surface area contributed by atoms with E-state index in [4.69, 9.17) is 19.0 Å². The molecule has 1 saturated heterocycles. The van der Waals surface area contributed by atoms with E-state index in [1.807, 2.05) is 6.07 Å². The number of fused-ring (bicyclic) bond motifs is 2. The first-order valence-corrected chi connectivity index (χ1v) is 12.8. The molecule has 1 unspecified atom stereocenters. The minimum Gasteiger partial charge on any atom is -0.493 e.